The van der Waals surface area contributed by atoms with E-state index < -0.39 is 11.9 Å². The summed E-state index contributed by atoms with van der Waals surface area (Å²) in [6, 6.07) is 10.0. The molecule has 2 aromatic heterocycles. The lowest BCUT2D eigenvalue weighted by atomic mass is 9.93. The first-order valence-corrected chi connectivity index (χ1v) is 16.6. The number of carboxylic acid groups (broad SMARTS) is 2. The number of aromatic nitrogens is 2. The van der Waals surface area contributed by atoms with Crippen LogP contribution >= 0.6 is 46.4 Å². The highest BCUT2D eigenvalue weighted by Gasteiger charge is 2.36. The minimum atomic E-state index is -1.08. The highest BCUT2D eigenvalue weighted by Crippen LogP contribution is 2.41. The van der Waals surface area contributed by atoms with Crippen molar-refractivity contribution >= 4 is 70.2 Å². The lowest BCUT2D eigenvalue weighted by molar-refractivity contribution is -0.138. The molecule has 0 atom stereocenters. The lowest BCUT2D eigenvalue weighted by Gasteiger charge is -2.16. The van der Waals surface area contributed by atoms with Crippen molar-refractivity contribution in [2.45, 2.75) is 40.0 Å². The number of hydrogen-bond donors (Lipinski definition) is 4. The number of rotatable bonds is 8. The van der Waals surface area contributed by atoms with Gasteiger partial charge in [-0.1, -0.05) is 58.5 Å². The van der Waals surface area contributed by atoms with Gasteiger partial charge >= 0.3 is 11.9 Å². The first-order valence-electron chi connectivity index (χ1n) is 15.0. The standard InChI is InChI=1S/2C17H15Cl2N3O3/c2*1-8-11(5-20)15(10-3-2-9(18)4-12(10)19)16-13(21-8)6-22(17(16)25)7-14(23)24/h2*2-4H,5-7,20H2,1H3,(H,23,24). The van der Waals surface area contributed by atoms with E-state index in [-0.39, 0.29) is 51.1 Å². The Morgan fingerprint density at radius 3 is 1.34 bits per heavy atom. The maximum atomic E-state index is 12.8. The van der Waals surface area contributed by atoms with Gasteiger partial charge in [-0.2, -0.15) is 0 Å². The van der Waals surface area contributed by atoms with Crippen molar-refractivity contribution < 1.29 is 29.4 Å². The predicted molar refractivity (Wildman–Crippen MR) is 189 cm³/mol. The molecule has 4 aromatic rings. The molecule has 0 spiro atoms. The summed E-state index contributed by atoms with van der Waals surface area (Å²) >= 11 is 24.6. The smallest absolute Gasteiger partial charge is 0.323 e. The van der Waals surface area contributed by atoms with E-state index in [9.17, 15) is 19.2 Å². The minimum absolute atomic E-state index is 0.143. The zero-order chi connectivity index (χ0) is 36.6. The van der Waals surface area contributed by atoms with Crippen LogP contribution in [0.15, 0.2) is 36.4 Å². The van der Waals surface area contributed by atoms with Crippen molar-refractivity contribution in [3.8, 4) is 22.3 Å². The van der Waals surface area contributed by atoms with E-state index in [1.807, 2.05) is 0 Å². The number of aryl methyl sites for hydroxylation is 2. The topological polar surface area (TPSA) is 193 Å². The van der Waals surface area contributed by atoms with Gasteiger partial charge in [-0.3, -0.25) is 29.1 Å². The Hall–Kier alpha value is -4.30. The fourth-order valence-corrected chi connectivity index (χ4v) is 7.18. The van der Waals surface area contributed by atoms with Crippen LogP contribution in [-0.2, 0) is 35.8 Å². The van der Waals surface area contributed by atoms with Crippen LogP contribution in [0.4, 0.5) is 0 Å². The predicted octanol–water partition coefficient (Wildman–Crippen LogP) is 5.73. The van der Waals surface area contributed by atoms with Gasteiger partial charge in [0.25, 0.3) is 11.8 Å². The second-order valence-electron chi connectivity index (χ2n) is 11.5. The Labute approximate surface area is 306 Å². The number of carboxylic acids is 2. The van der Waals surface area contributed by atoms with Gasteiger partial charge in [-0.15, -0.1) is 0 Å². The maximum absolute atomic E-state index is 12.8. The number of carbonyl (C=O) groups is 4. The molecule has 6 rings (SSSR count). The van der Waals surface area contributed by atoms with Crippen molar-refractivity contribution in [1.82, 2.24) is 19.8 Å². The quantitative estimate of drug-likeness (QED) is 0.173. The number of nitrogens with two attached hydrogens (primary N) is 2. The zero-order valence-electron chi connectivity index (χ0n) is 26.7. The number of fused-ring (bicyclic) bond motifs is 2. The molecular weight excluding hydrogens is 730 g/mol. The van der Waals surface area contributed by atoms with Crippen molar-refractivity contribution in [1.29, 1.82) is 0 Å². The molecule has 0 unspecified atom stereocenters. The molecule has 4 heterocycles. The summed E-state index contributed by atoms with van der Waals surface area (Å²) in [5, 5.41) is 19.8. The molecule has 2 aliphatic heterocycles. The van der Waals surface area contributed by atoms with E-state index in [0.29, 0.717) is 87.4 Å². The Morgan fingerprint density at radius 2 is 1.04 bits per heavy atom. The van der Waals surface area contributed by atoms with Crippen LogP contribution in [0.25, 0.3) is 22.3 Å². The van der Waals surface area contributed by atoms with Crippen LogP contribution in [0.1, 0.15) is 54.6 Å². The molecule has 0 radical (unpaired) electrons. The van der Waals surface area contributed by atoms with Gasteiger partial charge in [0, 0.05) is 66.8 Å². The molecule has 16 heteroatoms. The number of halogens is 4. The van der Waals surface area contributed by atoms with E-state index in [4.69, 9.17) is 68.1 Å². The van der Waals surface area contributed by atoms with Gasteiger partial charge in [0.15, 0.2) is 0 Å². The third kappa shape index (κ3) is 7.13. The highest BCUT2D eigenvalue weighted by molar-refractivity contribution is 6.37. The van der Waals surface area contributed by atoms with Gasteiger partial charge < -0.3 is 31.5 Å². The molecule has 0 saturated heterocycles. The van der Waals surface area contributed by atoms with Gasteiger partial charge in [0.2, 0.25) is 0 Å². The normalized spacial score (nSPS) is 13.3. The van der Waals surface area contributed by atoms with Gasteiger partial charge in [0.1, 0.15) is 13.1 Å². The third-order valence-corrected chi connectivity index (χ3v) is 9.40. The van der Waals surface area contributed by atoms with Gasteiger partial charge in [-0.05, 0) is 49.2 Å². The minimum Gasteiger partial charge on any atom is -0.480 e. The lowest BCUT2D eigenvalue weighted by Crippen LogP contribution is -2.30. The summed E-state index contributed by atoms with van der Waals surface area (Å²) in [4.78, 5) is 59.0. The summed E-state index contributed by atoms with van der Waals surface area (Å²) in [7, 11) is 0. The molecule has 50 heavy (non-hydrogen) atoms. The molecular formula is C34H30Cl4N6O6. The average molecular weight is 760 g/mol. The fourth-order valence-electron chi connectivity index (χ4n) is 6.18. The largest absolute Gasteiger partial charge is 0.480 e. The van der Waals surface area contributed by atoms with E-state index in [1.54, 1.807) is 50.2 Å². The summed E-state index contributed by atoms with van der Waals surface area (Å²) in [6.45, 7) is 3.47. The SMILES string of the molecule is Cc1nc2c(c(-c3ccc(Cl)cc3Cl)c1CN)C(=O)N(CC(=O)O)C2.Cc1nc2c(c(-c3ccc(Cl)cc3Cl)c1CN)C(=O)N(CC(=O)O)C2. The Bertz CT molecular complexity index is 1950. The van der Waals surface area contributed by atoms with Crippen LogP contribution in [0.2, 0.25) is 20.1 Å². The van der Waals surface area contributed by atoms with Crippen LogP contribution < -0.4 is 11.5 Å². The Balaban J connectivity index is 0.000000194. The van der Waals surface area contributed by atoms with Crippen LogP contribution in [0.3, 0.4) is 0 Å². The summed E-state index contributed by atoms with van der Waals surface area (Å²) < 4.78 is 0. The monoisotopic (exact) mass is 758 g/mol. The van der Waals surface area contributed by atoms with E-state index in [2.05, 4.69) is 9.97 Å². The highest BCUT2D eigenvalue weighted by atomic mass is 35.5. The molecule has 0 bridgehead atoms. The van der Waals surface area contributed by atoms with Crippen molar-refractivity contribution in [2.24, 2.45) is 11.5 Å². The van der Waals surface area contributed by atoms with Crippen LogP contribution in [0, 0.1) is 13.8 Å². The molecule has 260 valence electrons. The number of aliphatic carboxylic acids is 2. The molecule has 0 saturated carbocycles. The molecule has 2 aliphatic rings. The average Bonchev–Trinajstić information content (AvgIpc) is 3.49. The van der Waals surface area contributed by atoms with Crippen molar-refractivity contribution in [3.05, 3.63) is 102 Å². The van der Waals surface area contributed by atoms with Crippen LogP contribution in [-0.4, -0.2) is 66.8 Å². The number of amides is 2. The van der Waals surface area contributed by atoms with Crippen LogP contribution in [0.5, 0.6) is 0 Å². The number of benzene rings is 2. The molecule has 12 nitrogen and oxygen atoms in total. The number of pyridine rings is 2. The first-order chi connectivity index (χ1) is 23.7. The zero-order valence-corrected chi connectivity index (χ0v) is 29.7. The maximum Gasteiger partial charge on any atom is 0.323 e. The third-order valence-electron chi connectivity index (χ3n) is 8.30. The summed E-state index contributed by atoms with van der Waals surface area (Å²) in [6.07, 6.45) is 0. The second kappa shape index (κ2) is 14.9. The van der Waals surface area contributed by atoms with Gasteiger partial charge in [0.05, 0.1) is 35.6 Å². The number of hydrogen-bond acceptors (Lipinski definition) is 8. The molecule has 2 aromatic carbocycles. The Kier molecular flexibility index (Phi) is 11.0. The molecule has 2 amide bonds. The van der Waals surface area contributed by atoms with Gasteiger partial charge in [-0.25, -0.2) is 0 Å². The second-order valence-corrected chi connectivity index (χ2v) is 13.2. The van der Waals surface area contributed by atoms with Crippen molar-refractivity contribution in [3.63, 3.8) is 0 Å². The molecule has 0 aliphatic carbocycles. The Morgan fingerprint density at radius 1 is 0.680 bits per heavy atom. The van der Waals surface area contributed by atoms with Crippen molar-refractivity contribution in [2.75, 3.05) is 13.1 Å². The number of nitrogens with zero attached hydrogens (tertiary/aromatic N) is 4. The first kappa shape index (κ1) is 37.0. The van der Waals surface area contributed by atoms with E-state index >= 15 is 0 Å². The summed E-state index contributed by atoms with van der Waals surface area (Å²) in [5.41, 5.74) is 18.8. The van der Waals surface area contributed by atoms with E-state index in [0.717, 1.165) is 0 Å². The molecule has 6 N–H and O–H groups in total. The summed E-state index contributed by atoms with van der Waals surface area (Å²) in [5.74, 6) is -2.94. The number of carbonyl (C=O) groups excluding carboxylic acids is 2. The fraction of sp³-hybridized carbons (Fsp3) is 0.235. The van der Waals surface area contributed by atoms with E-state index in [1.165, 1.54) is 9.80 Å². The molecule has 0 fully saturated rings.